The van der Waals surface area contributed by atoms with Gasteiger partial charge in [-0.15, -0.1) is 0 Å². The van der Waals surface area contributed by atoms with Gasteiger partial charge in [-0.1, -0.05) is 35.5 Å². The highest BCUT2D eigenvalue weighted by Gasteiger charge is 2.36. The molecular formula is C26H20F2N4O3. The van der Waals surface area contributed by atoms with Gasteiger partial charge in [0.15, 0.2) is 0 Å². The van der Waals surface area contributed by atoms with Gasteiger partial charge in [0.05, 0.1) is 24.4 Å². The fraction of sp³-hybridized carbons (Fsp3) is 0.115. The summed E-state index contributed by atoms with van der Waals surface area (Å²) in [6.07, 6.45) is 0. The van der Waals surface area contributed by atoms with Crippen molar-refractivity contribution >= 4 is 17.3 Å². The smallest absolute Gasteiger partial charge is 0.327 e. The van der Waals surface area contributed by atoms with Gasteiger partial charge >= 0.3 is 6.03 Å². The molecule has 176 valence electrons. The topological polar surface area (TPSA) is 80.5 Å². The number of nitrogens with zero attached hydrogens (tertiary/aromatic N) is 3. The molecule has 1 aliphatic heterocycles. The third-order valence-corrected chi connectivity index (χ3v) is 5.74. The minimum Gasteiger partial charge on any atom is -0.497 e. The van der Waals surface area contributed by atoms with Crippen molar-refractivity contribution in [1.82, 2.24) is 15.5 Å². The van der Waals surface area contributed by atoms with Gasteiger partial charge in [-0.05, 0) is 55.0 Å². The van der Waals surface area contributed by atoms with E-state index in [0.29, 0.717) is 39.7 Å². The molecule has 0 saturated heterocycles. The molecule has 0 aliphatic carbocycles. The van der Waals surface area contributed by atoms with Gasteiger partial charge < -0.3 is 14.6 Å². The predicted octanol–water partition coefficient (Wildman–Crippen LogP) is 5.73. The van der Waals surface area contributed by atoms with Crippen LogP contribution in [0.4, 0.5) is 19.3 Å². The number of nitrogens with one attached hydrogen (secondary N) is 1. The molecule has 1 atom stereocenters. The van der Waals surface area contributed by atoms with Gasteiger partial charge in [-0.3, -0.25) is 4.90 Å². The number of carbonyl (C=O) groups excluding carboxylic acids is 1. The second-order valence-electron chi connectivity index (χ2n) is 7.90. The zero-order chi connectivity index (χ0) is 24.5. The van der Waals surface area contributed by atoms with Crippen LogP contribution < -0.4 is 15.0 Å². The van der Waals surface area contributed by atoms with Crippen LogP contribution in [0.15, 0.2) is 83.0 Å². The van der Waals surface area contributed by atoms with Crippen molar-refractivity contribution in [3.05, 3.63) is 102 Å². The normalized spacial score (nSPS) is 15.8. The monoisotopic (exact) mass is 474 g/mol. The molecule has 0 spiro atoms. The minimum atomic E-state index is -0.702. The molecule has 1 aromatic heterocycles. The van der Waals surface area contributed by atoms with Crippen LogP contribution in [-0.4, -0.2) is 23.3 Å². The Bertz CT molecular complexity index is 1430. The first-order chi connectivity index (χ1) is 16.9. The van der Waals surface area contributed by atoms with E-state index in [1.807, 2.05) is 12.1 Å². The molecule has 3 aromatic carbocycles. The molecule has 0 radical (unpaired) electrons. The molecular weight excluding hydrogens is 454 g/mol. The molecule has 0 fully saturated rings. The van der Waals surface area contributed by atoms with Crippen LogP contribution in [0.5, 0.6) is 5.75 Å². The minimum absolute atomic E-state index is 0.163. The van der Waals surface area contributed by atoms with Crippen molar-refractivity contribution in [3.63, 3.8) is 0 Å². The zero-order valence-electron chi connectivity index (χ0n) is 18.8. The summed E-state index contributed by atoms with van der Waals surface area (Å²) in [6.45, 7) is 1.71. The number of anilines is 1. The average molecular weight is 474 g/mol. The number of ether oxygens (including phenoxy) is 1. The van der Waals surface area contributed by atoms with Crippen molar-refractivity contribution in [2.45, 2.75) is 13.0 Å². The number of carbonyl (C=O) groups is 1. The van der Waals surface area contributed by atoms with E-state index >= 15 is 0 Å². The van der Waals surface area contributed by atoms with Crippen LogP contribution in [-0.2, 0) is 0 Å². The van der Waals surface area contributed by atoms with Gasteiger partial charge in [0.25, 0.3) is 5.89 Å². The van der Waals surface area contributed by atoms with Crippen LogP contribution in [0.25, 0.3) is 17.0 Å². The lowest BCUT2D eigenvalue weighted by molar-refractivity contribution is 0.244. The zero-order valence-corrected chi connectivity index (χ0v) is 18.8. The summed E-state index contributed by atoms with van der Waals surface area (Å²) in [4.78, 5) is 19.1. The number of rotatable bonds is 5. The van der Waals surface area contributed by atoms with E-state index in [4.69, 9.17) is 9.26 Å². The Kier molecular flexibility index (Phi) is 5.74. The molecule has 1 unspecified atom stereocenters. The molecule has 9 heteroatoms. The Labute approximate surface area is 199 Å². The number of urea groups is 1. The van der Waals surface area contributed by atoms with Gasteiger partial charge in [0.1, 0.15) is 17.4 Å². The summed E-state index contributed by atoms with van der Waals surface area (Å²) in [6, 6.07) is 17.5. The number of halogens is 2. The first-order valence-electron chi connectivity index (χ1n) is 10.8. The average Bonchev–Trinajstić information content (AvgIpc) is 3.34. The quantitative estimate of drug-likeness (QED) is 0.400. The van der Waals surface area contributed by atoms with E-state index in [1.54, 1.807) is 44.4 Å². The number of hydrogen-bond donors (Lipinski definition) is 1. The van der Waals surface area contributed by atoms with Crippen molar-refractivity contribution < 1.29 is 22.8 Å². The Hall–Kier alpha value is -4.53. The van der Waals surface area contributed by atoms with Crippen molar-refractivity contribution in [2.24, 2.45) is 0 Å². The maximum atomic E-state index is 14.0. The Morgan fingerprint density at radius 2 is 1.77 bits per heavy atom. The predicted molar refractivity (Wildman–Crippen MR) is 125 cm³/mol. The second-order valence-corrected chi connectivity index (χ2v) is 7.90. The van der Waals surface area contributed by atoms with E-state index in [9.17, 15) is 13.6 Å². The molecule has 4 aromatic rings. The number of benzene rings is 3. The van der Waals surface area contributed by atoms with E-state index in [1.165, 1.54) is 35.2 Å². The summed E-state index contributed by atoms with van der Waals surface area (Å²) < 4.78 is 38.5. The Morgan fingerprint density at radius 1 is 1.00 bits per heavy atom. The lowest BCUT2D eigenvalue weighted by Crippen LogP contribution is -2.46. The van der Waals surface area contributed by atoms with E-state index in [-0.39, 0.29) is 5.89 Å². The highest BCUT2D eigenvalue weighted by atomic mass is 19.1. The number of allylic oxidation sites excluding steroid dienone is 1. The van der Waals surface area contributed by atoms with Crippen LogP contribution in [0.3, 0.4) is 0 Å². The third kappa shape index (κ3) is 4.23. The van der Waals surface area contributed by atoms with Crippen LogP contribution in [0.2, 0.25) is 0 Å². The Balaban J connectivity index is 1.65. The van der Waals surface area contributed by atoms with Crippen molar-refractivity contribution in [3.8, 4) is 17.1 Å². The lowest BCUT2D eigenvalue weighted by atomic mass is 9.94. The summed E-state index contributed by atoms with van der Waals surface area (Å²) in [7, 11) is 1.56. The summed E-state index contributed by atoms with van der Waals surface area (Å²) in [5.74, 6) is 0.235. The summed E-state index contributed by atoms with van der Waals surface area (Å²) in [5, 5.41) is 7.02. The molecule has 35 heavy (non-hydrogen) atoms. The van der Waals surface area contributed by atoms with Gasteiger partial charge in [0, 0.05) is 11.3 Å². The first-order valence-corrected chi connectivity index (χ1v) is 10.8. The molecule has 1 N–H and O–H groups in total. The molecule has 0 saturated carbocycles. The second kappa shape index (κ2) is 9.02. The highest BCUT2D eigenvalue weighted by molar-refractivity contribution is 6.01. The lowest BCUT2D eigenvalue weighted by Gasteiger charge is -2.35. The third-order valence-electron chi connectivity index (χ3n) is 5.74. The maximum absolute atomic E-state index is 14.0. The number of amides is 2. The van der Waals surface area contributed by atoms with E-state index in [0.717, 1.165) is 0 Å². The SMILES string of the molecule is COc1cccc(-c2noc(C3=C(C)N(c4cccc(F)c4)C(=O)NC3c3ccc(F)cc3)n2)c1. The van der Waals surface area contributed by atoms with Gasteiger partial charge in [-0.25, -0.2) is 13.6 Å². The standard InChI is InChI=1S/C26H20F2N4O3/c1-15-22(25-30-24(31-35-25)17-5-3-8-21(13-17)34-2)23(16-9-11-18(27)12-10-16)29-26(33)32(15)20-7-4-6-19(28)14-20/h3-14,23H,1-2H3,(H,29,33). The van der Waals surface area contributed by atoms with Crippen molar-refractivity contribution in [2.75, 3.05) is 12.0 Å². The summed E-state index contributed by atoms with van der Waals surface area (Å²) >= 11 is 0. The fourth-order valence-corrected chi connectivity index (χ4v) is 4.06. The largest absolute Gasteiger partial charge is 0.497 e. The number of aromatic nitrogens is 2. The molecule has 7 nitrogen and oxygen atoms in total. The van der Waals surface area contributed by atoms with Gasteiger partial charge in [-0.2, -0.15) is 4.98 Å². The van der Waals surface area contributed by atoms with Crippen LogP contribution >= 0.6 is 0 Å². The highest BCUT2D eigenvalue weighted by Crippen LogP contribution is 2.39. The van der Waals surface area contributed by atoms with Gasteiger partial charge in [0.2, 0.25) is 5.82 Å². The maximum Gasteiger partial charge on any atom is 0.327 e. The van der Waals surface area contributed by atoms with Crippen LogP contribution in [0.1, 0.15) is 24.4 Å². The van der Waals surface area contributed by atoms with E-state index in [2.05, 4.69) is 15.5 Å². The fourth-order valence-electron chi connectivity index (χ4n) is 4.06. The molecule has 2 heterocycles. The number of methoxy groups -OCH3 is 1. The molecule has 5 rings (SSSR count). The molecule has 2 amide bonds. The first kappa shape index (κ1) is 22.3. The van der Waals surface area contributed by atoms with Crippen LogP contribution in [0, 0.1) is 11.6 Å². The summed E-state index contributed by atoms with van der Waals surface area (Å²) in [5.41, 5.74) is 2.60. The molecule has 0 bridgehead atoms. The number of hydrogen-bond acceptors (Lipinski definition) is 5. The van der Waals surface area contributed by atoms with E-state index < -0.39 is 23.7 Å². The molecule has 1 aliphatic rings. The Morgan fingerprint density at radius 3 is 2.51 bits per heavy atom. The van der Waals surface area contributed by atoms with Crippen molar-refractivity contribution in [1.29, 1.82) is 0 Å².